The first-order valence-electron chi connectivity index (χ1n) is 9.85. The van der Waals surface area contributed by atoms with Crippen molar-refractivity contribution in [3.05, 3.63) is 58.7 Å². The van der Waals surface area contributed by atoms with Gasteiger partial charge in [0.05, 0.1) is 20.1 Å². The van der Waals surface area contributed by atoms with Gasteiger partial charge in [-0.2, -0.15) is 0 Å². The number of esters is 1. The van der Waals surface area contributed by atoms with Crippen LogP contribution in [0.25, 0.3) is 0 Å². The number of carbonyl (C=O) groups is 1. The number of ether oxygens (including phenoxy) is 3. The Labute approximate surface area is 159 Å². The Bertz CT molecular complexity index is 884. The lowest BCUT2D eigenvalue weighted by atomic mass is 9.98. The van der Waals surface area contributed by atoms with Gasteiger partial charge in [0.15, 0.2) is 0 Å². The molecule has 0 N–H and O–H groups in total. The van der Waals surface area contributed by atoms with E-state index in [2.05, 4.69) is 18.2 Å². The van der Waals surface area contributed by atoms with E-state index in [0.29, 0.717) is 13.0 Å². The molecular weight excluding hydrogens is 340 g/mol. The maximum absolute atomic E-state index is 11.6. The molecule has 0 saturated heterocycles. The molecule has 1 unspecified atom stereocenters. The third-order valence-corrected chi connectivity index (χ3v) is 6.05. The Hall–Kier alpha value is -2.49. The normalized spacial score (nSPS) is 22.7. The van der Waals surface area contributed by atoms with Gasteiger partial charge >= 0.3 is 5.97 Å². The fraction of sp³-hybridized carbons (Fsp3) is 0.435. The van der Waals surface area contributed by atoms with Crippen LogP contribution in [0.3, 0.4) is 0 Å². The molecule has 0 spiro atoms. The van der Waals surface area contributed by atoms with E-state index >= 15 is 0 Å². The van der Waals surface area contributed by atoms with Crippen LogP contribution in [0, 0.1) is 0 Å². The molecule has 1 fully saturated rings. The highest BCUT2D eigenvalue weighted by atomic mass is 16.5. The van der Waals surface area contributed by atoms with Gasteiger partial charge in [0.1, 0.15) is 17.6 Å². The second-order valence-corrected chi connectivity index (χ2v) is 7.82. The van der Waals surface area contributed by atoms with Gasteiger partial charge in [-0.05, 0) is 54.4 Å². The van der Waals surface area contributed by atoms with Crippen LogP contribution in [0.5, 0.6) is 11.5 Å². The van der Waals surface area contributed by atoms with Gasteiger partial charge in [-0.15, -0.1) is 0 Å². The van der Waals surface area contributed by atoms with Crippen LogP contribution >= 0.6 is 0 Å². The predicted molar refractivity (Wildman–Crippen MR) is 101 cm³/mol. The minimum absolute atomic E-state index is 0.0646. The Balaban J connectivity index is 1.34. The summed E-state index contributed by atoms with van der Waals surface area (Å²) in [6.07, 6.45) is 5.26. The average Bonchev–Trinajstić information content (AvgIpc) is 3.35. The van der Waals surface area contributed by atoms with Gasteiger partial charge < -0.3 is 14.2 Å². The maximum atomic E-state index is 11.6. The van der Waals surface area contributed by atoms with Crippen LogP contribution in [-0.2, 0) is 16.0 Å². The van der Waals surface area contributed by atoms with E-state index in [1.54, 1.807) is 5.56 Å². The van der Waals surface area contributed by atoms with E-state index in [-0.39, 0.29) is 18.0 Å². The first-order valence-corrected chi connectivity index (χ1v) is 9.85. The molecule has 1 saturated carbocycles. The molecule has 2 aromatic carbocycles. The highest BCUT2D eigenvalue weighted by Crippen LogP contribution is 2.47. The van der Waals surface area contributed by atoms with E-state index in [1.807, 2.05) is 18.2 Å². The summed E-state index contributed by atoms with van der Waals surface area (Å²) in [5.74, 6) is 2.30. The van der Waals surface area contributed by atoms with Crippen LogP contribution in [0.1, 0.15) is 65.9 Å². The van der Waals surface area contributed by atoms with Gasteiger partial charge in [-0.25, -0.2) is 0 Å². The third kappa shape index (κ3) is 3.07. The molecule has 4 nitrogen and oxygen atoms in total. The molecular formula is C23H24O4. The molecule has 2 atom stereocenters. The number of benzene rings is 2. The summed E-state index contributed by atoms with van der Waals surface area (Å²) in [5, 5.41) is 0. The second-order valence-electron chi connectivity index (χ2n) is 7.82. The van der Waals surface area contributed by atoms with Crippen LogP contribution < -0.4 is 9.47 Å². The molecule has 0 bridgehead atoms. The van der Waals surface area contributed by atoms with Crippen molar-refractivity contribution in [2.75, 3.05) is 13.7 Å². The van der Waals surface area contributed by atoms with Crippen molar-refractivity contribution >= 4 is 5.97 Å². The van der Waals surface area contributed by atoms with Crippen LogP contribution in [-0.4, -0.2) is 19.7 Å². The molecule has 1 heterocycles. The summed E-state index contributed by atoms with van der Waals surface area (Å²) in [4.78, 5) is 11.6. The lowest BCUT2D eigenvalue weighted by Crippen LogP contribution is -2.09. The van der Waals surface area contributed by atoms with Gasteiger partial charge in [-0.1, -0.05) is 24.3 Å². The number of fused-ring (bicyclic) bond motifs is 2. The van der Waals surface area contributed by atoms with Crippen molar-refractivity contribution in [3.8, 4) is 11.5 Å². The molecule has 2 aromatic rings. The Morgan fingerprint density at radius 2 is 1.96 bits per heavy atom. The van der Waals surface area contributed by atoms with Crippen molar-refractivity contribution in [1.29, 1.82) is 0 Å². The number of carbonyl (C=O) groups excluding carboxylic acids is 1. The van der Waals surface area contributed by atoms with Crippen molar-refractivity contribution < 1.29 is 19.0 Å². The predicted octanol–water partition coefficient (Wildman–Crippen LogP) is 4.67. The van der Waals surface area contributed by atoms with Crippen LogP contribution in [0.2, 0.25) is 0 Å². The zero-order valence-corrected chi connectivity index (χ0v) is 15.6. The van der Waals surface area contributed by atoms with E-state index in [4.69, 9.17) is 14.2 Å². The number of methoxy groups -OCH3 is 1. The average molecular weight is 364 g/mol. The van der Waals surface area contributed by atoms with Crippen LogP contribution in [0.4, 0.5) is 0 Å². The maximum Gasteiger partial charge on any atom is 0.306 e. The third-order valence-electron chi connectivity index (χ3n) is 6.05. The molecule has 2 aliphatic carbocycles. The van der Waals surface area contributed by atoms with E-state index in [9.17, 15) is 4.79 Å². The lowest BCUT2D eigenvalue weighted by Gasteiger charge is -2.16. The van der Waals surface area contributed by atoms with Gasteiger partial charge in [0.2, 0.25) is 0 Å². The Kier molecular flexibility index (Phi) is 4.07. The smallest absolute Gasteiger partial charge is 0.306 e. The topological polar surface area (TPSA) is 44.8 Å². The molecule has 140 valence electrons. The van der Waals surface area contributed by atoms with Crippen molar-refractivity contribution in [1.82, 2.24) is 0 Å². The SMILES string of the molecule is COC(=O)CC1COc2cc(O[C@@H]3CCc4c(C5CC5)cccc43)ccc21. The monoisotopic (exact) mass is 364 g/mol. The summed E-state index contributed by atoms with van der Waals surface area (Å²) in [6.45, 7) is 0.519. The van der Waals surface area contributed by atoms with E-state index in [1.165, 1.54) is 31.1 Å². The quantitative estimate of drug-likeness (QED) is 0.723. The van der Waals surface area contributed by atoms with Crippen molar-refractivity contribution in [2.24, 2.45) is 0 Å². The summed E-state index contributed by atoms with van der Waals surface area (Å²) in [7, 11) is 1.42. The minimum Gasteiger partial charge on any atom is -0.492 e. The fourth-order valence-corrected chi connectivity index (χ4v) is 4.49. The summed E-state index contributed by atoms with van der Waals surface area (Å²) < 4.78 is 16.9. The minimum atomic E-state index is -0.203. The molecule has 3 aliphatic rings. The standard InChI is InChI=1S/C23H24O4/c1-25-23(24)11-15-13-26-22-12-16(7-8-18(15)22)27-21-10-9-19-17(14-5-6-14)3-2-4-20(19)21/h2-4,7-8,12,14-15,21H,5-6,9-11,13H2,1H3/t15?,21-/m1/s1. The molecule has 0 amide bonds. The molecule has 4 heteroatoms. The van der Waals surface area contributed by atoms with Gasteiger partial charge in [-0.3, -0.25) is 4.79 Å². The van der Waals surface area contributed by atoms with Gasteiger partial charge in [0, 0.05) is 17.5 Å². The molecule has 0 radical (unpaired) electrons. The number of rotatable bonds is 5. The first-order chi connectivity index (χ1) is 13.2. The summed E-state index contributed by atoms with van der Waals surface area (Å²) >= 11 is 0. The highest BCUT2D eigenvalue weighted by Gasteiger charge is 2.33. The Morgan fingerprint density at radius 1 is 1.11 bits per heavy atom. The lowest BCUT2D eigenvalue weighted by molar-refractivity contribution is -0.141. The van der Waals surface area contributed by atoms with Crippen molar-refractivity contribution in [3.63, 3.8) is 0 Å². The van der Waals surface area contributed by atoms with Gasteiger partial charge in [0.25, 0.3) is 0 Å². The second kappa shape index (κ2) is 6.59. The molecule has 0 aromatic heterocycles. The highest BCUT2D eigenvalue weighted by molar-refractivity contribution is 5.71. The van der Waals surface area contributed by atoms with Crippen LogP contribution in [0.15, 0.2) is 36.4 Å². The molecule has 5 rings (SSSR count). The first kappa shape index (κ1) is 16.7. The number of hydrogen-bond donors (Lipinski definition) is 0. The largest absolute Gasteiger partial charge is 0.492 e. The van der Waals surface area contributed by atoms with E-state index in [0.717, 1.165) is 35.8 Å². The zero-order valence-electron chi connectivity index (χ0n) is 15.6. The summed E-state index contributed by atoms with van der Waals surface area (Å²) in [5.41, 5.74) is 5.47. The fourth-order valence-electron chi connectivity index (χ4n) is 4.49. The van der Waals surface area contributed by atoms with Crippen molar-refractivity contribution in [2.45, 2.75) is 50.0 Å². The molecule has 27 heavy (non-hydrogen) atoms. The summed E-state index contributed by atoms with van der Waals surface area (Å²) in [6, 6.07) is 12.7. The number of hydrogen-bond acceptors (Lipinski definition) is 4. The zero-order chi connectivity index (χ0) is 18.4. The molecule has 1 aliphatic heterocycles. The Morgan fingerprint density at radius 3 is 2.78 bits per heavy atom. The van der Waals surface area contributed by atoms with E-state index < -0.39 is 0 Å².